The van der Waals surface area contributed by atoms with Crippen LogP contribution in [0.15, 0.2) is 121 Å². The molecule has 0 aliphatic rings. The van der Waals surface area contributed by atoms with Crippen LogP contribution in [0.25, 0.3) is 86.7 Å². The van der Waals surface area contributed by atoms with E-state index in [0.717, 1.165) is 49.6 Å². The van der Waals surface area contributed by atoms with Gasteiger partial charge in [0, 0.05) is 70.1 Å². The van der Waals surface area contributed by atoms with E-state index < -0.39 is 0 Å². The highest BCUT2D eigenvalue weighted by Gasteiger charge is 2.21. The molecule has 0 aliphatic carbocycles. The first kappa shape index (κ1) is 37.1. The average Bonchev–Trinajstić information content (AvgIpc) is 3.96. The Hall–Kier alpha value is -5.50. The van der Waals surface area contributed by atoms with Crippen molar-refractivity contribution in [3.05, 3.63) is 143 Å². The molecule has 284 valence electrons. The number of aromatic nitrogens is 3. The second-order valence-corrected chi connectivity index (χ2v) is 17.4. The molecule has 3 nitrogen and oxygen atoms in total. The van der Waals surface area contributed by atoms with Crippen LogP contribution < -0.4 is 0 Å². The van der Waals surface area contributed by atoms with Gasteiger partial charge in [-0.15, -0.1) is 22.7 Å². The third-order valence-electron chi connectivity index (χ3n) is 11.0. The van der Waals surface area contributed by atoms with E-state index in [1.165, 1.54) is 105 Å². The molecule has 0 spiro atoms. The average molecular weight is 788 g/mol. The van der Waals surface area contributed by atoms with Crippen molar-refractivity contribution in [2.24, 2.45) is 0 Å². The number of aryl methyl sites for hydroxylation is 3. The molecule has 0 saturated heterocycles. The predicted molar refractivity (Wildman–Crippen MR) is 238 cm³/mol. The van der Waals surface area contributed by atoms with Gasteiger partial charge in [0.05, 0.1) is 22.4 Å². The van der Waals surface area contributed by atoms with Gasteiger partial charge in [0.25, 0.3) is 0 Å². The van der Waals surface area contributed by atoms with Gasteiger partial charge in [0.15, 0.2) is 0 Å². The summed E-state index contributed by atoms with van der Waals surface area (Å²) in [6, 6.07) is 39.4. The molecule has 4 heterocycles. The van der Waals surface area contributed by atoms with Gasteiger partial charge in [0.2, 0.25) is 0 Å². The normalized spacial score (nSPS) is 11.7. The molecule has 0 fully saturated rings. The molecule has 9 rings (SSSR count). The van der Waals surface area contributed by atoms with Gasteiger partial charge in [-0.25, -0.2) is 18.7 Å². The highest BCUT2D eigenvalue weighted by Crippen LogP contribution is 2.44. The first-order valence-electron chi connectivity index (χ1n) is 19.9. The van der Waals surface area contributed by atoms with E-state index in [2.05, 4.69) is 98.1 Å². The highest BCUT2D eigenvalue weighted by atomic mass is 32.1. The van der Waals surface area contributed by atoms with E-state index in [0.29, 0.717) is 11.4 Å². The monoisotopic (exact) mass is 787 g/mol. The van der Waals surface area contributed by atoms with E-state index in [1.54, 1.807) is 46.9 Å². The summed E-state index contributed by atoms with van der Waals surface area (Å²) in [5.74, 6) is -0.649. The van der Waals surface area contributed by atoms with Crippen LogP contribution in [0.3, 0.4) is 0 Å². The molecule has 5 aromatic carbocycles. The van der Waals surface area contributed by atoms with Crippen molar-refractivity contribution in [1.82, 2.24) is 14.5 Å². The summed E-state index contributed by atoms with van der Waals surface area (Å²) in [5.41, 5.74) is 11.3. The summed E-state index contributed by atoms with van der Waals surface area (Å²) in [7, 11) is 0. The first-order chi connectivity index (χ1) is 27.8. The van der Waals surface area contributed by atoms with Crippen LogP contribution in [-0.2, 0) is 6.54 Å². The van der Waals surface area contributed by atoms with Crippen molar-refractivity contribution in [2.45, 2.75) is 65.8 Å². The maximum absolute atomic E-state index is 14.2. The Bertz CT molecular complexity index is 2880. The lowest BCUT2D eigenvalue weighted by molar-refractivity contribution is 0.571. The summed E-state index contributed by atoms with van der Waals surface area (Å²) < 4.78 is 30.9. The number of thiophene rings is 2. The topological polar surface area (TPSA) is 30.7 Å². The lowest BCUT2D eigenvalue weighted by atomic mass is 10.0. The standard InChI is InChI=1S/C50H43F2N3S2/c1-4-5-6-7-8-9-28-55-42-29-31(2)10-21-38(42)39-22-16-35(30-43(39)55)44-26-27-46(57-44)41-24-23-40(45-25-11-32(3)56-45)49-50(41)54-48(34-14-19-37(52)20-15-34)47(53-49)33-12-17-36(51)18-13-33/h10-27,29-30H,4-9,28H2,1-3H3. The molecule has 0 amide bonds. The zero-order valence-corrected chi connectivity index (χ0v) is 34.0. The van der Waals surface area contributed by atoms with Gasteiger partial charge >= 0.3 is 0 Å². The van der Waals surface area contributed by atoms with E-state index in [-0.39, 0.29) is 11.6 Å². The van der Waals surface area contributed by atoms with Crippen LogP contribution in [0.1, 0.15) is 55.9 Å². The SMILES string of the molecule is CCCCCCCCn1c2cc(C)ccc2c2ccc(-c3ccc(-c4ccc(-c5ccc(C)s5)c5nc(-c6ccc(F)cc6)c(-c6ccc(F)cc6)nc45)s3)cc21. The molecule has 7 heteroatoms. The summed E-state index contributed by atoms with van der Waals surface area (Å²) >= 11 is 3.47. The predicted octanol–water partition coefficient (Wildman–Crippen LogP) is 15.5. The zero-order chi connectivity index (χ0) is 39.0. The molecule has 0 aliphatic heterocycles. The van der Waals surface area contributed by atoms with Crippen LogP contribution in [0.2, 0.25) is 0 Å². The fourth-order valence-electron chi connectivity index (χ4n) is 8.02. The third-order valence-corrected chi connectivity index (χ3v) is 13.2. The minimum absolute atomic E-state index is 0.324. The number of hydrogen-bond acceptors (Lipinski definition) is 4. The second kappa shape index (κ2) is 15.8. The van der Waals surface area contributed by atoms with Crippen LogP contribution in [0.4, 0.5) is 8.78 Å². The van der Waals surface area contributed by atoms with Crippen molar-refractivity contribution in [2.75, 3.05) is 0 Å². The zero-order valence-electron chi connectivity index (χ0n) is 32.4. The number of unbranched alkanes of at least 4 members (excludes halogenated alkanes) is 5. The van der Waals surface area contributed by atoms with Crippen molar-refractivity contribution in [3.63, 3.8) is 0 Å². The van der Waals surface area contributed by atoms with Gasteiger partial charge < -0.3 is 4.57 Å². The summed E-state index contributed by atoms with van der Waals surface area (Å²) in [6.07, 6.45) is 7.60. The summed E-state index contributed by atoms with van der Waals surface area (Å²) in [6.45, 7) is 7.56. The van der Waals surface area contributed by atoms with Crippen LogP contribution in [0.5, 0.6) is 0 Å². The van der Waals surface area contributed by atoms with Crippen molar-refractivity contribution < 1.29 is 8.78 Å². The van der Waals surface area contributed by atoms with Crippen LogP contribution in [0, 0.1) is 25.5 Å². The van der Waals surface area contributed by atoms with Gasteiger partial charge in [-0.3, -0.25) is 0 Å². The fraction of sp³-hybridized carbons (Fsp3) is 0.200. The molecular formula is C50H43F2N3S2. The lowest BCUT2D eigenvalue weighted by Crippen LogP contribution is -1.98. The minimum atomic E-state index is -0.325. The van der Waals surface area contributed by atoms with Crippen LogP contribution in [-0.4, -0.2) is 14.5 Å². The number of nitrogens with zero attached hydrogens (tertiary/aromatic N) is 3. The molecule has 0 atom stereocenters. The van der Waals surface area contributed by atoms with E-state index >= 15 is 0 Å². The molecule has 4 aromatic heterocycles. The van der Waals surface area contributed by atoms with Gasteiger partial charge in [0.1, 0.15) is 11.6 Å². The molecule has 0 bridgehead atoms. The number of benzene rings is 5. The Balaban J connectivity index is 1.17. The molecule has 0 unspecified atom stereocenters. The lowest BCUT2D eigenvalue weighted by Gasteiger charge is -2.15. The number of rotatable bonds is 12. The number of fused-ring (bicyclic) bond motifs is 4. The second-order valence-electron chi connectivity index (χ2n) is 15.0. The van der Waals surface area contributed by atoms with Gasteiger partial charge in [-0.1, -0.05) is 75.4 Å². The van der Waals surface area contributed by atoms with E-state index in [9.17, 15) is 8.78 Å². The Morgan fingerprint density at radius 3 is 1.65 bits per heavy atom. The Morgan fingerprint density at radius 1 is 0.509 bits per heavy atom. The Kier molecular flexibility index (Phi) is 10.3. The first-order valence-corrected chi connectivity index (χ1v) is 21.5. The van der Waals surface area contributed by atoms with Crippen molar-refractivity contribution in [3.8, 4) is 53.8 Å². The van der Waals surface area contributed by atoms with E-state index in [4.69, 9.17) is 9.97 Å². The van der Waals surface area contributed by atoms with E-state index in [1.807, 2.05) is 0 Å². The quantitative estimate of drug-likeness (QED) is 0.115. The molecule has 0 radical (unpaired) electrons. The van der Waals surface area contributed by atoms with Crippen LogP contribution >= 0.6 is 22.7 Å². The molecular weight excluding hydrogens is 745 g/mol. The Morgan fingerprint density at radius 2 is 1.04 bits per heavy atom. The van der Waals surface area contributed by atoms with Gasteiger partial charge in [-0.05, 0) is 116 Å². The Labute approximate surface area is 340 Å². The van der Waals surface area contributed by atoms with Gasteiger partial charge in [-0.2, -0.15) is 0 Å². The minimum Gasteiger partial charge on any atom is -0.340 e. The molecule has 57 heavy (non-hydrogen) atoms. The van der Waals surface area contributed by atoms with Crippen molar-refractivity contribution >= 4 is 55.5 Å². The molecule has 0 N–H and O–H groups in total. The highest BCUT2D eigenvalue weighted by molar-refractivity contribution is 7.19. The molecule has 0 saturated carbocycles. The maximum Gasteiger partial charge on any atom is 0.123 e. The maximum atomic E-state index is 14.2. The number of halogens is 2. The smallest absolute Gasteiger partial charge is 0.123 e. The third kappa shape index (κ3) is 7.31. The summed E-state index contributed by atoms with van der Waals surface area (Å²) in [5, 5.41) is 2.60. The van der Waals surface area contributed by atoms with Crippen molar-refractivity contribution in [1.29, 1.82) is 0 Å². The largest absolute Gasteiger partial charge is 0.340 e. The molecule has 9 aromatic rings. The number of hydrogen-bond donors (Lipinski definition) is 0. The summed E-state index contributed by atoms with van der Waals surface area (Å²) in [4.78, 5) is 15.3. The fourth-order valence-corrected chi connectivity index (χ4v) is 9.94.